The molecule has 98 valence electrons. The summed E-state index contributed by atoms with van der Waals surface area (Å²) in [7, 11) is 0. The standard InChI is InChI=1S/C12H10Cl2N4O/c13-7-1-3-9(14)10(5-7)18-12(19)17-8-2-4-11(15)16-6-8/h1-6H,(H2,15,16)(H2,17,18,19). The van der Waals surface area contributed by atoms with Crippen LogP contribution < -0.4 is 16.4 Å². The lowest BCUT2D eigenvalue weighted by molar-refractivity contribution is 0.262. The van der Waals surface area contributed by atoms with Crippen molar-refractivity contribution in [1.29, 1.82) is 0 Å². The lowest BCUT2D eigenvalue weighted by atomic mass is 10.3. The van der Waals surface area contributed by atoms with Crippen molar-refractivity contribution in [3.8, 4) is 0 Å². The highest BCUT2D eigenvalue weighted by atomic mass is 35.5. The predicted molar refractivity (Wildman–Crippen MR) is 77.8 cm³/mol. The number of hydrogen-bond acceptors (Lipinski definition) is 3. The Labute approximate surface area is 119 Å². The molecule has 0 aliphatic carbocycles. The van der Waals surface area contributed by atoms with Crippen LogP contribution in [0.25, 0.3) is 0 Å². The van der Waals surface area contributed by atoms with Crippen LogP contribution in [0.1, 0.15) is 0 Å². The molecular weight excluding hydrogens is 287 g/mol. The van der Waals surface area contributed by atoms with Crippen molar-refractivity contribution in [2.75, 3.05) is 16.4 Å². The molecule has 0 saturated carbocycles. The van der Waals surface area contributed by atoms with Gasteiger partial charge in [-0.3, -0.25) is 0 Å². The maximum Gasteiger partial charge on any atom is 0.323 e. The second-order valence-electron chi connectivity index (χ2n) is 3.68. The smallest absolute Gasteiger partial charge is 0.323 e. The van der Waals surface area contributed by atoms with Crippen LogP contribution in [-0.2, 0) is 0 Å². The molecule has 0 atom stereocenters. The summed E-state index contributed by atoms with van der Waals surface area (Å²) in [6.45, 7) is 0. The maximum absolute atomic E-state index is 11.7. The van der Waals surface area contributed by atoms with Gasteiger partial charge in [0.1, 0.15) is 5.82 Å². The Morgan fingerprint density at radius 1 is 1.16 bits per heavy atom. The van der Waals surface area contributed by atoms with Crippen LogP contribution in [0.15, 0.2) is 36.5 Å². The number of nitrogens with one attached hydrogen (secondary N) is 2. The molecule has 0 aliphatic rings. The number of anilines is 3. The fourth-order valence-corrected chi connectivity index (χ4v) is 1.69. The first kappa shape index (κ1) is 13.5. The summed E-state index contributed by atoms with van der Waals surface area (Å²) < 4.78 is 0. The minimum Gasteiger partial charge on any atom is -0.384 e. The molecular formula is C12H10Cl2N4O. The maximum atomic E-state index is 11.7. The van der Waals surface area contributed by atoms with E-state index in [1.54, 1.807) is 30.3 Å². The third-order valence-electron chi connectivity index (χ3n) is 2.22. The summed E-state index contributed by atoms with van der Waals surface area (Å²) in [6.07, 6.45) is 1.45. The first-order valence-corrected chi connectivity index (χ1v) is 6.05. The van der Waals surface area contributed by atoms with Crippen molar-refractivity contribution in [3.63, 3.8) is 0 Å². The number of nitrogen functional groups attached to an aromatic ring is 1. The van der Waals surface area contributed by atoms with Gasteiger partial charge in [0.05, 0.1) is 22.6 Å². The molecule has 19 heavy (non-hydrogen) atoms. The van der Waals surface area contributed by atoms with Gasteiger partial charge in [0, 0.05) is 5.02 Å². The molecule has 1 aromatic carbocycles. The Kier molecular flexibility index (Phi) is 4.09. The molecule has 0 spiro atoms. The lowest BCUT2D eigenvalue weighted by Crippen LogP contribution is -2.19. The van der Waals surface area contributed by atoms with Gasteiger partial charge in [-0.25, -0.2) is 9.78 Å². The Balaban J connectivity index is 2.05. The number of benzene rings is 1. The number of carbonyl (C=O) groups is 1. The predicted octanol–water partition coefficient (Wildman–Crippen LogP) is 3.61. The summed E-state index contributed by atoms with van der Waals surface area (Å²) in [4.78, 5) is 15.6. The van der Waals surface area contributed by atoms with E-state index < -0.39 is 6.03 Å². The summed E-state index contributed by atoms with van der Waals surface area (Å²) in [5.41, 5.74) is 6.39. The van der Waals surface area contributed by atoms with Gasteiger partial charge in [-0.05, 0) is 30.3 Å². The zero-order valence-corrected chi connectivity index (χ0v) is 11.2. The van der Waals surface area contributed by atoms with E-state index in [4.69, 9.17) is 28.9 Å². The van der Waals surface area contributed by atoms with E-state index in [1.165, 1.54) is 6.20 Å². The SMILES string of the molecule is Nc1ccc(NC(=O)Nc2cc(Cl)ccc2Cl)cn1. The van der Waals surface area contributed by atoms with Crippen molar-refractivity contribution < 1.29 is 4.79 Å². The molecule has 0 radical (unpaired) electrons. The van der Waals surface area contributed by atoms with Crippen LogP contribution in [-0.4, -0.2) is 11.0 Å². The zero-order chi connectivity index (χ0) is 13.8. The Morgan fingerprint density at radius 2 is 1.95 bits per heavy atom. The number of rotatable bonds is 2. The first-order chi connectivity index (χ1) is 9.04. The minimum absolute atomic E-state index is 0.379. The van der Waals surface area contributed by atoms with E-state index in [-0.39, 0.29) is 0 Å². The molecule has 2 rings (SSSR count). The van der Waals surface area contributed by atoms with Crippen LogP contribution in [0.3, 0.4) is 0 Å². The molecule has 0 saturated heterocycles. The quantitative estimate of drug-likeness (QED) is 0.792. The van der Waals surface area contributed by atoms with Crippen molar-refractivity contribution in [3.05, 3.63) is 46.6 Å². The van der Waals surface area contributed by atoms with Gasteiger partial charge in [0.25, 0.3) is 0 Å². The van der Waals surface area contributed by atoms with E-state index in [0.717, 1.165) is 0 Å². The number of amides is 2. The van der Waals surface area contributed by atoms with E-state index in [0.29, 0.717) is 27.2 Å². The average molecular weight is 297 g/mol. The highest BCUT2D eigenvalue weighted by Crippen LogP contribution is 2.25. The highest BCUT2D eigenvalue weighted by molar-refractivity contribution is 6.35. The van der Waals surface area contributed by atoms with Crippen molar-refractivity contribution in [2.45, 2.75) is 0 Å². The van der Waals surface area contributed by atoms with Crippen LogP contribution in [0, 0.1) is 0 Å². The van der Waals surface area contributed by atoms with Gasteiger partial charge < -0.3 is 16.4 Å². The van der Waals surface area contributed by atoms with Crippen LogP contribution in [0.4, 0.5) is 22.0 Å². The molecule has 2 aromatic rings. The number of hydrogen-bond donors (Lipinski definition) is 3. The Bertz CT molecular complexity index is 601. The van der Waals surface area contributed by atoms with Gasteiger partial charge in [0.2, 0.25) is 0 Å². The van der Waals surface area contributed by atoms with Crippen molar-refractivity contribution in [1.82, 2.24) is 4.98 Å². The number of nitrogens with zero attached hydrogens (tertiary/aromatic N) is 1. The van der Waals surface area contributed by atoms with E-state index in [9.17, 15) is 4.79 Å². The van der Waals surface area contributed by atoms with Gasteiger partial charge in [-0.2, -0.15) is 0 Å². The van der Waals surface area contributed by atoms with E-state index in [1.807, 2.05) is 0 Å². The number of pyridine rings is 1. The average Bonchev–Trinajstić information content (AvgIpc) is 2.37. The molecule has 1 aromatic heterocycles. The van der Waals surface area contributed by atoms with Crippen LogP contribution in [0.5, 0.6) is 0 Å². The van der Waals surface area contributed by atoms with Gasteiger partial charge in [0.15, 0.2) is 0 Å². The van der Waals surface area contributed by atoms with Crippen molar-refractivity contribution >= 4 is 46.4 Å². The summed E-state index contributed by atoms with van der Waals surface area (Å²) in [6, 6.07) is 7.57. The Hall–Kier alpha value is -1.98. The second kappa shape index (κ2) is 5.77. The summed E-state index contributed by atoms with van der Waals surface area (Å²) in [5.74, 6) is 0.379. The normalized spacial score (nSPS) is 10.0. The fraction of sp³-hybridized carbons (Fsp3) is 0. The Morgan fingerprint density at radius 3 is 2.63 bits per heavy atom. The van der Waals surface area contributed by atoms with Gasteiger partial charge in [-0.1, -0.05) is 23.2 Å². The first-order valence-electron chi connectivity index (χ1n) is 5.29. The van der Waals surface area contributed by atoms with Crippen LogP contribution >= 0.6 is 23.2 Å². The zero-order valence-electron chi connectivity index (χ0n) is 9.65. The molecule has 0 unspecified atom stereocenters. The van der Waals surface area contributed by atoms with Crippen LogP contribution in [0.2, 0.25) is 10.0 Å². The third kappa shape index (κ3) is 3.74. The summed E-state index contributed by atoms with van der Waals surface area (Å²) >= 11 is 11.8. The van der Waals surface area contributed by atoms with Crippen molar-refractivity contribution in [2.24, 2.45) is 0 Å². The molecule has 0 fully saturated rings. The number of aromatic nitrogens is 1. The molecule has 7 heteroatoms. The summed E-state index contributed by atoms with van der Waals surface area (Å²) in [5, 5.41) is 6.06. The second-order valence-corrected chi connectivity index (χ2v) is 4.52. The number of carbonyl (C=O) groups excluding carboxylic acids is 1. The number of nitrogens with two attached hydrogens (primary N) is 1. The van der Waals surface area contributed by atoms with E-state index in [2.05, 4.69) is 15.6 Å². The molecule has 1 heterocycles. The van der Waals surface area contributed by atoms with Gasteiger partial charge >= 0.3 is 6.03 Å². The molecule has 2 amide bonds. The monoisotopic (exact) mass is 296 g/mol. The van der Waals surface area contributed by atoms with E-state index >= 15 is 0 Å². The lowest BCUT2D eigenvalue weighted by Gasteiger charge is -2.09. The minimum atomic E-state index is -0.448. The van der Waals surface area contributed by atoms with Gasteiger partial charge in [-0.15, -0.1) is 0 Å². The topological polar surface area (TPSA) is 80.0 Å². The fourth-order valence-electron chi connectivity index (χ4n) is 1.36. The number of halogens is 2. The number of urea groups is 1. The molecule has 4 N–H and O–H groups in total. The largest absolute Gasteiger partial charge is 0.384 e. The molecule has 5 nitrogen and oxygen atoms in total. The molecule has 0 bridgehead atoms. The highest BCUT2D eigenvalue weighted by Gasteiger charge is 2.06. The molecule has 0 aliphatic heterocycles. The third-order valence-corrected chi connectivity index (χ3v) is 2.79.